The zero-order chi connectivity index (χ0) is 22.1. The molecule has 2 bridgehead atoms. The molecule has 2 heterocycles. The molecule has 2 aromatic heterocycles. The van der Waals surface area contributed by atoms with Crippen molar-refractivity contribution in [2.24, 2.45) is 23.7 Å². The number of carboxylic acid groups (broad SMARTS) is 1. The Hall–Kier alpha value is -3.00. The maximum absolute atomic E-state index is 13.1. The summed E-state index contributed by atoms with van der Waals surface area (Å²) in [5, 5.41) is 16.0. The standard InChI is InChI=1S/C23H25N3O4S/c1-3-16-12(2)31-22(19(16)20(27)25-11-13-5-4-8-24-10-13)26-21(28)17-14-6-7-15(9-14)18(17)23(29)30/h4-8,10,14-15,17-18H,3,9,11H2,1-2H3,(H,25,27)(H,26,28)(H,29,30)/t14-,15-,17-,18-/m0/s1. The van der Waals surface area contributed by atoms with Crippen LogP contribution in [0.5, 0.6) is 0 Å². The summed E-state index contributed by atoms with van der Waals surface area (Å²) in [5.41, 5.74) is 2.24. The van der Waals surface area contributed by atoms with Gasteiger partial charge >= 0.3 is 5.97 Å². The van der Waals surface area contributed by atoms with Crippen LogP contribution in [0.1, 0.15) is 39.7 Å². The van der Waals surface area contributed by atoms with Crippen LogP contribution < -0.4 is 10.6 Å². The Morgan fingerprint density at radius 2 is 1.97 bits per heavy atom. The Balaban J connectivity index is 1.56. The lowest BCUT2D eigenvalue weighted by atomic mass is 9.82. The van der Waals surface area contributed by atoms with Crippen molar-refractivity contribution in [2.45, 2.75) is 33.2 Å². The van der Waals surface area contributed by atoms with E-state index in [1.807, 2.05) is 38.1 Å². The summed E-state index contributed by atoms with van der Waals surface area (Å²) in [4.78, 5) is 43.0. The minimum atomic E-state index is -0.942. The van der Waals surface area contributed by atoms with Crippen molar-refractivity contribution < 1.29 is 19.5 Å². The molecular weight excluding hydrogens is 414 g/mol. The van der Waals surface area contributed by atoms with Crippen molar-refractivity contribution in [3.63, 3.8) is 0 Å². The number of hydrogen-bond donors (Lipinski definition) is 3. The number of fused-ring (bicyclic) bond motifs is 2. The second kappa shape index (κ2) is 8.63. The molecule has 4 atom stereocenters. The number of carbonyl (C=O) groups is 3. The summed E-state index contributed by atoms with van der Waals surface area (Å²) in [6.45, 7) is 4.23. The molecule has 0 spiro atoms. The fourth-order valence-corrected chi connectivity index (χ4v) is 5.96. The van der Waals surface area contributed by atoms with E-state index in [1.54, 1.807) is 12.4 Å². The van der Waals surface area contributed by atoms with Gasteiger partial charge in [0, 0.05) is 23.8 Å². The van der Waals surface area contributed by atoms with E-state index in [-0.39, 0.29) is 23.7 Å². The average Bonchev–Trinajstić information content (AvgIpc) is 3.45. The molecule has 3 N–H and O–H groups in total. The molecule has 1 fully saturated rings. The van der Waals surface area contributed by atoms with Crippen molar-refractivity contribution >= 4 is 34.1 Å². The van der Waals surface area contributed by atoms with Gasteiger partial charge in [-0.1, -0.05) is 25.1 Å². The van der Waals surface area contributed by atoms with E-state index in [2.05, 4.69) is 15.6 Å². The van der Waals surface area contributed by atoms with Crippen LogP contribution in [0.2, 0.25) is 0 Å². The number of carbonyl (C=O) groups excluding carboxylic acids is 2. The Morgan fingerprint density at radius 1 is 1.23 bits per heavy atom. The molecule has 0 unspecified atom stereocenters. The molecular formula is C23H25N3O4S. The van der Waals surface area contributed by atoms with Crippen molar-refractivity contribution in [3.05, 3.63) is 58.2 Å². The van der Waals surface area contributed by atoms with Crippen LogP contribution in [0, 0.1) is 30.6 Å². The van der Waals surface area contributed by atoms with E-state index in [0.29, 0.717) is 30.0 Å². The van der Waals surface area contributed by atoms with Gasteiger partial charge in [-0.05, 0) is 48.8 Å². The molecule has 162 valence electrons. The largest absolute Gasteiger partial charge is 0.481 e. The van der Waals surface area contributed by atoms with E-state index in [1.165, 1.54) is 11.3 Å². The highest BCUT2D eigenvalue weighted by Gasteiger charge is 2.51. The first-order valence-electron chi connectivity index (χ1n) is 10.4. The van der Waals surface area contributed by atoms with Crippen LogP contribution in [-0.4, -0.2) is 27.9 Å². The van der Waals surface area contributed by atoms with Gasteiger partial charge in [-0.15, -0.1) is 11.3 Å². The smallest absolute Gasteiger partial charge is 0.307 e. The number of allylic oxidation sites excluding steroid dienone is 2. The van der Waals surface area contributed by atoms with Gasteiger partial charge in [-0.3, -0.25) is 19.4 Å². The van der Waals surface area contributed by atoms with Gasteiger partial charge < -0.3 is 15.7 Å². The second-order valence-corrected chi connectivity index (χ2v) is 9.29. The van der Waals surface area contributed by atoms with Gasteiger partial charge in [0.2, 0.25) is 5.91 Å². The highest BCUT2D eigenvalue weighted by molar-refractivity contribution is 7.16. The number of aromatic nitrogens is 1. The van der Waals surface area contributed by atoms with Crippen LogP contribution >= 0.6 is 11.3 Å². The van der Waals surface area contributed by atoms with Crippen LogP contribution in [0.4, 0.5) is 5.00 Å². The van der Waals surface area contributed by atoms with E-state index in [9.17, 15) is 19.5 Å². The van der Waals surface area contributed by atoms with Crippen LogP contribution in [0.3, 0.4) is 0 Å². The summed E-state index contributed by atoms with van der Waals surface area (Å²) < 4.78 is 0. The third-order valence-electron chi connectivity index (χ3n) is 6.25. The summed E-state index contributed by atoms with van der Waals surface area (Å²) in [6, 6.07) is 3.69. The van der Waals surface area contributed by atoms with E-state index < -0.39 is 17.8 Å². The van der Waals surface area contributed by atoms with Crippen molar-refractivity contribution in [2.75, 3.05) is 5.32 Å². The lowest BCUT2D eigenvalue weighted by molar-refractivity contribution is -0.146. The van der Waals surface area contributed by atoms with Gasteiger partial charge in [0.25, 0.3) is 5.91 Å². The Kier molecular flexibility index (Phi) is 5.91. The fourth-order valence-electron chi connectivity index (χ4n) is 4.82. The predicted octanol–water partition coefficient (Wildman–Crippen LogP) is 3.41. The SMILES string of the molecule is CCc1c(C)sc(NC(=O)[C@@H]2[C@@H](C(=O)O)[C@H]3C=C[C@H]2C3)c1C(=O)NCc1cccnc1. The normalized spacial score (nSPS) is 23.7. The van der Waals surface area contributed by atoms with E-state index >= 15 is 0 Å². The van der Waals surface area contributed by atoms with Crippen LogP contribution in [0.15, 0.2) is 36.7 Å². The number of nitrogens with one attached hydrogen (secondary N) is 2. The molecule has 1 saturated carbocycles. The number of amides is 2. The molecule has 2 aliphatic carbocycles. The first kappa shape index (κ1) is 21.2. The molecule has 8 heteroatoms. The molecule has 2 amide bonds. The van der Waals surface area contributed by atoms with Crippen LogP contribution in [0.25, 0.3) is 0 Å². The highest BCUT2D eigenvalue weighted by Crippen LogP contribution is 2.48. The third-order valence-corrected chi connectivity index (χ3v) is 7.31. The molecule has 2 aliphatic rings. The number of nitrogens with zero attached hydrogens (tertiary/aromatic N) is 1. The van der Waals surface area contributed by atoms with Gasteiger partial charge in [0.05, 0.1) is 17.4 Å². The monoisotopic (exact) mass is 439 g/mol. The summed E-state index contributed by atoms with van der Waals surface area (Å²) in [5.74, 6) is -3.03. The number of aryl methyl sites for hydroxylation is 1. The third kappa shape index (κ3) is 3.99. The molecule has 0 aromatic carbocycles. The van der Waals surface area contributed by atoms with Crippen molar-refractivity contribution in [3.8, 4) is 0 Å². The number of rotatable bonds is 7. The minimum absolute atomic E-state index is 0.0688. The predicted molar refractivity (Wildman–Crippen MR) is 118 cm³/mol. The lowest BCUT2D eigenvalue weighted by Crippen LogP contribution is -2.36. The number of carboxylic acids is 1. The number of pyridine rings is 1. The minimum Gasteiger partial charge on any atom is -0.481 e. The number of aliphatic carboxylic acids is 1. The molecule has 0 radical (unpaired) electrons. The Labute approximate surface area is 184 Å². The zero-order valence-electron chi connectivity index (χ0n) is 17.4. The molecule has 4 rings (SSSR count). The average molecular weight is 440 g/mol. The molecule has 0 saturated heterocycles. The zero-order valence-corrected chi connectivity index (χ0v) is 18.2. The highest BCUT2D eigenvalue weighted by atomic mass is 32.1. The molecule has 7 nitrogen and oxygen atoms in total. The Morgan fingerprint density at radius 3 is 2.61 bits per heavy atom. The summed E-state index contributed by atoms with van der Waals surface area (Å²) in [7, 11) is 0. The molecule has 0 aliphatic heterocycles. The summed E-state index contributed by atoms with van der Waals surface area (Å²) >= 11 is 1.36. The van der Waals surface area contributed by atoms with Crippen molar-refractivity contribution in [1.82, 2.24) is 10.3 Å². The number of hydrogen-bond acceptors (Lipinski definition) is 5. The maximum atomic E-state index is 13.1. The second-order valence-electron chi connectivity index (χ2n) is 8.07. The van der Waals surface area contributed by atoms with Crippen molar-refractivity contribution in [1.29, 1.82) is 0 Å². The Bertz CT molecular complexity index is 1050. The quantitative estimate of drug-likeness (QED) is 0.573. The van der Waals surface area contributed by atoms with E-state index in [0.717, 1.165) is 16.0 Å². The van der Waals surface area contributed by atoms with E-state index in [4.69, 9.17) is 0 Å². The maximum Gasteiger partial charge on any atom is 0.307 e. The van der Waals surface area contributed by atoms with Gasteiger partial charge in [-0.25, -0.2) is 0 Å². The molecule has 2 aromatic rings. The first-order chi connectivity index (χ1) is 14.9. The first-order valence-corrected chi connectivity index (χ1v) is 11.2. The number of thiophene rings is 1. The molecule has 31 heavy (non-hydrogen) atoms. The topological polar surface area (TPSA) is 108 Å². The van der Waals surface area contributed by atoms with Gasteiger partial charge in [0.1, 0.15) is 5.00 Å². The van der Waals surface area contributed by atoms with Crippen LogP contribution in [-0.2, 0) is 22.6 Å². The van der Waals surface area contributed by atoms with Gasteiger partial charge in [0.15, 0.2) is 0 Å². The number of anilines is 1. The summed E-state index contributed by atoms with van der Waals surface area (Å²) in [6.07, 6.45) is 8.57. The lowest BCUT2D eigenvalue weighted by Gasteiger charge is -2.23. The fraction of sp³-hybridized carbons (Fsp3) is 0.391. The van der Waals surface area contributed by atoms with Gasteiger partial charge in [-0.2, -0.15) is 0 Å².